The van der Waals surface area contributed by atoms with Crippen LogP contribution in [0.25, 0.3) is 11.4 Å². The highest BCUT2D eigenvalue weighted by atomic mass is 127. The molecule has 3 N–H and O–H groups in total. The largest absolute Gasteiger partial charge is 0.434 e. The van der Waals surface area contributed by atoms with E-state index < -0.39 is 11.9 Å². The third kappa shape index (κ3) is 6.66. The summed E-state index contributed by atoms with van der Waals surface area (Å²) >= 11 is 0.959. The fraction of sp³-hybridized carbons (Fsp3) is 0.294. The molecule has 0 atom stereocenters. The summed E-state index contributed by atoms with van der Waals surface area (Å²) in [6, 6.07) is 7.70. The molecule has 29 heavy (non-hydrogen) atoms. The second-order valence-electron chi connectivity index (χ2n) is 5.71. The Kier molecular flexibility index (Phi) is 8.37. The molecule has 3 rings (SSSR count). The maximum absolute atomic E-state index is 12.6. The molecule has 1 aromatic carbocycles. The van der Waals surface area contributed by atoms with Crippen molar-refractivity contribution in [1.29, 1.82) is 0 Å². The molecule has 156 valence electrons. The van der Waals surface area contributed by atoms with Crippen LogP contribution < -0.4 is 10.6 Å². The number of aliphatic imine (C=N–C) groups is 1. The highest BCUT2D eigenvalue weighted by Gasteiger charge is 2.33. The number of aromatic nitrogens is 4. The number of thiazole rings is 1. The first-order valence-corrected chi connectivity index (χ1v) is 9.32. The van der Waals surface area contributed by atoms with Crippen LogP contribution in [0.3, 0.4) is 0 Å². The van der Waals surface area contributed by atoms with Gasteiger partial charge in [-0.2, -0.15) is 18.3 Å². The maximum atomic E-state index is 12.6. The van der Waals surface area contributed by atoms with Crippen molar-refractivity contribution in [2.75, 3.05) is 6.54 Å². The normalized spacial score (nSPS) is 11.8. The Labute approximate surface area is 186 Å². The van der Waals surface area contributed by atoms with E-state index in [1.165, 1.54) is 6.33 Å². The summed E-state index contributed by atoms with van der Waals surface area (Å²) in [6.07, 6.45) is -2.99. The molecule has 0 aliphatic carbocycles. The third-order valence-electron chi connectivity index (χ3n) is 3.63. The summed E-state index contributed by atoms with van der Waals surface area (Å²) in [5.74, 6) is 1.16. The van der Waals surface area contributed by atoms with Crippen molar-refractivity contribution in [2.45, 2.75) is 26.2 Å². The Hall–Kier alpha value is -2.22. The molecule has 2 heterocycles. The van der Waals surface area contributed by atoms with Gasteiger partial charge >= 0.3 is 6.18 Å². The predicted molar refractivity (Wildman–Crippen MR) is 116 cm³/mol. The number of alkyl halides is 3. The Bertz CT molecular complexity index is 925. The lowest BCUT2D eigenvalue weighted by Crippen LogP contribution is -2.36. The summed E-state index contributed by atoms with van der Waals surface area (Å²) < 4.78 is 37.9. The van der Waals surface area contributed by atoms with Gasteiger partial charge in [0.05, 0.1) is 13.1 Å². The van der Waals surface area contributed by atoms with E-state index >= 15 is 0 Å². The van der Waals surface area contributed by atoms with Crippen LogP contribution >= 0.6 is 35.3 Å². The number of hydrogen-bond acceptors (Lipinski definition) is 5. The predicted octanol–water partition coefficient (Wildman–Crippen LogP) is 3.82. The average Bonchev–Trinajstić information content (AvgIpc) is 3.36. The van der Waals surface area contributed by atoms with Gasteiger partial charge in [-0.15, -0.1) is 35.3 Å². The van der Waals surface area contributed by atoms with Crippen LogP contribution in [0.2, 0.25) is 0 Å². The van der Waals surface area contributed by atoms with Crippen molar-refractivity contribution in [3.8, 4) is 11.4 Å². The first kappa shape index (κ1) is 23.1. The van der Waals surface area contributed by atoms with Gasteiger partial charge in [0.25, 0.3) is 0 Å². The Morgan fingerprint density at radius 3 is 2.76 bits per heavy atom. The number of benzene rings is 1. The van der Waals surface area contributed by atoms with Gasteiger partial charge in [-0.25, -0.2) is 15.0 Å². The Balaban J connectivity index is 0.00000300. The van der Waals surface area contributed by atoms with Crippen LogP contribution in [0.1, 0.15) is 23.2 Å². The molecule has 0 saturated carbocycles. The molecule has 0 unspecified atom stereocenters. The van der Waals surface area contributed by atoms with Crippen molar-refractivity contribution in [2.24, 2.45) is 4.99 Å². The first-order valence-electron chi connectivity index (χ1n) is 8.44. The van der Waals surface area contributed by atoms with E-state index in [2.05, 4.69) is 35.8 Å². The van der Waals surface area contributed by atoms with Crippen LogP contribution in [0, 0.1) is 0 Å². The highest BCUT2D eigenvalue weighted by molar-refractivity contribution is 14.0. The molecule has 0 fully saturated rings. The van der Waals surface area contributed by atoms with Gasteiger partial charge in [0.15, 0.2) is 17.5 Å². The zero-order chi connectivity index (χ0) is 20.0. The van der Waals surface area contributed by atoms with Crippen molar-refractivity contribution in [3.05, 3.63) is 52.2 Å². The van der Waals surface area contributed by atoms with Gasteiger partial charge in [0.1, 0.15) is 11.3 Å². The van der Waals surface area contributed by atoms with Gasteiger partial charge in [0.2, 0.25) is 0 Å². The molecular weight excluding hydrogens is 518 g/mol. The number of H-pyrrole nitrogens is 1. The number of nitrogens with one attached hydrogen (secondary N) is 3. The highest BCUT2D eigenvalue weighted by Crippen LogP contribution is 2.29. The van der Waals surface area contributed by atoms with Gasteiger partial charge < -0.3 is 10.6 Å². The Morgan fingerprint density at radius 2 is 2.10 bits per heavy atom. The van der Waals surface area contributed by atoms with Gasteiger partial charge in [0, 0.05) is 17.5 Å². The number of rotatable bonds is 6. The fourth-order valence-electron chi connectivity index (χ4n) is 2.36. The van der Waals surface area contributed by atoms with Crippen LogP contribution in [-0.4, -0.2) is 32.7 Å². The molecule has 0 aliphatic heterocycles. The molecule has 3 aromatic rings. The summed E-state index contributed by atoms with van der Waals surface area (Å²) in [4.78, 5) is 12.2. The molecule has 0 spiro atoms. The summed E-state index contributed by atoms with van der Waals surface area (Å²) in [6.45, 7) is 3.08. The standard InChI is InChI=1S/C17H18F3N7S.HI/c1-2-21-16(23-8-14-26-13(9-28-14)17(18,19)20)22-7-11-4-3-5-12(6-11)15-24-10-25-27-15;/h3-6,9-10H,2,7-8H2,1H3,(H2,21,22,23)(H,24,25,27);1H. The minimum absolute atomic E-state index is 0. The quantitative estimate of drug-likeness (QED) is 0.253. The zero-order valence-electron chi connectivity index (χ0n) is 15.3. The van der Waals surface area contributed by atoms with E-state index in [9.17, 15) is 13.2 Å². The molecule has 7 nitrogen and oxygen atoms in total. The van der Waals surface area contributed by atoms with Crippen molar-refractivity contribution in [1.82, 2.24) is 30.8 Å². The van der Waals surface area contributed by atoms with Crippen molar-refractivity contribution in [3.63, 3.8) is 0 Å². The molecule has 0 radical (unpaired) electrons. The lowest BCUT2D eigenvalue weighted by atomic mass is 10.1. The van der Waals surface area contributed by atoms with Crippen LogP contribution in [0.4, 0.5) is 13.2 Å². The SMILES string of the molecule is CCNC(=NCc1cccc(-c2ncn[nH]2)c1)NCc1nc(C(F)(F)F)cs1.I. The lowest BCUT2D eigenvalue weighted by Gasteiger charge is -2.10. The van der Waals surface area contributed by atoms with Gasteiger partial charge in [-0.1, -0.05) is 18.2 Å². The second kappa shape index (κ2) is 10.5. The van der Waals surface area contributed by atoms with Crippen LogP contribution in [0.15, 0.2) is 41.0 Å². The van der Waals surface area contributed by atoms with E-state index in [-0.39, 0.29) is 30.5 Å². The molecule has 0 saturated heterocycles. The topological polar surface area (TPSA) is 90.9 Å². The number of aromatic amines is 1. The summed E-state index contributed by atoms with van der Waals surface area (Å²) in [5, 5.41) is 14.1. The average molecular weight is 537 g/mol. The van der Waals surface area contributed by atoms with Gasteiger partial charge in [-0.05, 0) is 18.6 Å². The van der Waals surface area contributed by atoms with Crippen molar-refractivity contribution >= 4 is 41.3 Å². The minimum Gasteiger partial charge on any atom is -0.357 e. The molecule has 0 amide bonds. The molecule has 0 bridgehead atoms. The zero-order valence-corrected chi connectivity index (χ0v) is 18.5. The first-order chi connectivity index (χ1) is 13.5. The van der Waals surface area contributed by atoms with Crippen molar-refractivity contribution < 1.29 is 13.2 Å². The molecule has 2 aromatic heterocycles. The summed E-state index contributed by atoms with van der Waals surface area (Å²) in [7, 11) is 0. The number of hydrogen-bond donors (Lipinski definition) is 3. The molecule has 12 heteroatoms. The number of guanidine groups is 1. The van der Waals surface area contributed by atoms with E-state index in [0.29, 0.717) is 29.9 Å². The van der Waals surface area contributed by atoms with Crippen LogP contribution in [0.5, 0.6) is 0 Å². The van der Waals surface area contributed by atoms with E-state index in [4.69, 9.17) is 0 Å². The molecular formula is C17H19F3IN7S. The van der Waals surface area contributed by atoms with Gasteiger partial charge in [-0.3, -0.25) is 5.10 Å². The number of nitrogens with zero attached hydrogens (tertiary/aromatic N) is 4. The van der Waals surface area contributed by atoms with E-state index in [1.807, 2.05) is 31.2 Å². The second-order valence-corrected chi connectivity index (χ2v) is 6.65. The Morgan fingerprint density at radius 1 is 1.28 bits per heavy atom. The fourth-order valence-corrected chi connectivity index (χ4v) is 3.10. The van der Waals surface area contributed by atoms with Crippen LogP contribution in [-0.2, 0) is 19.3 Å². The third-order valence-corrected chi connectivity index (χ3v) is 4.48. The smallest absolute Gasteiger partial charge is 0.357 e. The summed E-state index contributed by atoms with van der Waals surface area (Å²) in [5.41, 5.74) is 0.978. The molecule has 0 aliphatic rings. The minimum atomic E-state index is -4.43. The van der Waals surface area contributed by atoms with E-state index in [1.54, 1.807) is 0 Å². The number of halogens is 4. The lowest BCUT2D eigenvalue weighted by molar-refractivity contribution is -0.140. The maximum Gasteiger partial charge on any atom is 0.434 e. The van der Waals surface area contributed by atoms with E-state index in [0.717, 1.165) is 27.8 Å². The monoisotopic (exact) mass is 537 g/mol.